The molecular weight excluding hydrogens is 304 g/mol. The minimum atomic E-state index is -0.310. The summed E-state index contributed by atoms with van der Waals surface area (Å²) in [5.74, 6) is 1.52. The van der Waals surface area contributed by atoms with Crippen molar-refractivity contribution in [2.45, 2.75) is 26.7 Å². The van der Waals surface area contributed by atoms with Crippen molar-refractivity contribution < 1.29 is 14.3 Å². The highest BCUT2D eigenvalue weighted by Gasteiger charge is 2.13. The number of anilines is 2. The van der Waals surface area contributed by atoms with E-state index in [1.807, 2.05) is 25.1 Å². The quantitative estimate of drug-likeness (QED) is 0.830. The number of nitrogens with one attached hydrogen (secondary N) is 2. The highest BCUT2D eigenvalue weighted by molar-refractivity contribution is 6.01. The number of hydrogen-bond acceptors (Lipinski definition) is 3. The lowest BCUT2D eigenvalue weighted by atomic mass is 9.98. The Labute approximate surface area is 143 Å². The largest absolute Gasteiger partial charge is 0.497 e. The molecule has 2 aromatic rings. The normalized spacial score (nSPS) is 10.4. The average molecular weight is 328 g/mol. The first-order valence-corrected chi connectivity index (χ1v) is 7.85. The average Bonchev–Trinajstić information content (AvgIpc) is 2.56. The predicted molar refractivity (Wildman–Crippen MR) is 97.5 cm³/mol. The van der Waals surface area contributed by atoms with Crippen molar-refractivity contribution in [2.24, 2.45) is 0 Å². The van der Waals surface area contributed by atoms with E-state index < -0.39 is 0 Å². The van der Waals surface area contributed by atoms with Crippen LogP contribution in [-0.2, 0) is 0 Å². The Kier molecular flexibility index (Phi) is 5.68. The summed E-state index contributed by atoms with van der Waals surface area (Å²) in [6.07, 6.45) is 0. The number of aryl methyl sites for hydroxylation is 1. The van der Waals surface area contributed by atoms with Gasteiger partial charge < -0.3 is 20.1 Å². The summed E-state index contributed by atoms with van der Waals surface area (Å²) in [4.78, 5) is 12.4. The number of carbonyl (C=O) groups is 1. The molecule has 0 atom stereocenters. The van der Waals surface area contributed by atoms with Crippen LogP contribution in [0.5, 0.6) is 11.5 Å². The van der Waals surface area contributed by atoms with Gasteiger partial charge in [0.25, 0.3) is 0 Å². The Hall–Kier alpha value is -2.69. The van der Waals surface area contributed by atoms with Crippen molar-refractivity contribution in [3.05, 3.63) is 47.5 Å². The zero-order valence-electron chi connectivity index (χ0n) is 14.8. The molecule has 2 amide bonds. The lowest BCUT2D eigenvalue weighted by molar-refractivity contribution is 0.262. The molecule has 0 aliphatic rings. The number of hydrogen-bond donors (Lipinski definition) is 2. The molecular formula is C19H24N2O3. The molecule has 0 saturated carbocycles. The summed E-state index contributed by atoms with van der Waals surface area (Å²) in [5.41, 5.74) is 3.55. The molecule has 0 spiro atoms. The van der Waals surface area contributed by atoms with Crippen LogP contribution in [0.2, 0.25) is 0 Å². The molecule has 0 aliphatic carbocycles. The predicted octanol–water partition coefficient (Wildman–Crippen LogP) is 4.78. The molecule has 2 N–H and O–H groups in total. The van der Waals surface area contributed by atoms with Crippen LogP contribution in [0.4, 0.5) is 16.2 Å². The van der Waals surface area contributed by atoms with E-state index in [1.54, 1.807) is 32.4 Å². The van der Waals surface area contributed by atoms with Crippen molar-refractivity contribution >= 4 is 17.4 Å². The van der Waals surface area contributed by atoms with Gasteiger partial charge in [-0.3, -0.25) is 0 Å². The van der Waals surface area contributed by atoms with Crippen LogP contribution >= 0.6 is 0 Å². The molecule has 0 heterocycles. The molecule has 0 saturated heterocycles. The van der Waals surface area contributed by atoms with Gasteiger partial charge in [0.15, 0.2) is 0 Å². The lowest BCUT2D eigenvalue weighted by Gasteiger charge is -2.17. The van der Waals surface area contributed by atoms with Crippen molar-refractivity contribution in [1.29, 1.82) is 0 Å². The highest BCUT2D eigenvalue weighted by Crippen LogP contribution is 2.30. The molecule has 5 nitrogen and oxygen atoms in total. The van der Waals surface area contributed by atoms with Gasteiger partial charge in [0, 0.05) is 11.8 Å². The molecule has 2 aromatic carbocycles. The minimum absolute atomic E-state index is 0.310. The summed E-state index contributed by atoms with van der Waals surface area (Å²) in [7, 11) is 3.14. The Morgan fingerprint density at radius 1 is 1.04 bits per heavy atom. The van der Waals surface area contributed by atoms with Gasteiger partial charge in [0.1, 0.15) is 11.5 Å². The van der Waals surface area contributed by atoms with Gasteiger partial charge in [0.05, 0.1) is 19.9 Å². The number of methoxy groups -OCH3 is 2. The molecule has 128 valence electrons. The van der Waals surface area contributed by atoms with Gasteiger partial charge in [-0.15, -0.1) is 0 Å². The first kappa shape index (κ1) is 17.7. The molecule has 0 unspecified atom stereocenters. The molecule has 24 heavy (non-hydrogen) atoms. The van der Waals surface area contributed by atoms with E-state index in [1.165, 1.54) is 0 Å². The Morgan fingerprint density at radius 3 is 2.42 bits per heavy atom. The van der Waals surface area contributed by atoms with Gasteiger partial charge in [-0.1, -0.05) is 32.0 Å². The smallest absolute Gasteiger partial charge is 0.323 e. The van der Waals surface area contributed by atoms with Crippen LogP contribution in [0.1, 0.15) is 30.9 Å². The topological polar surface area (TPSA) is 59.6 Å². The van der Waals surface area contributed by atoms with E-state index in [9.17, 15) is 4.79 Å². The SMILES string of the molecule is COc1ccc(NC(=O)Nc2c(C)cccc2C(C)C)c(OC)c1. The van der Waals surface area contributed by atoms with E-state index in [-0.39, 0.29) is 6.03 Å². The molecule has 0 fully saturated rings. The Morgan fingerprint density at radius 2 is 1.79 bits per heavy atom. The molecule has 0 aliphatic heterocycles. The first-order valence-electron chi connectivity index (χ1n) is 7.85. The zero-order valence-corrected chi connectivity index (χ0v) is 14.8. The van der Waals surface area contributed by atoms with Crippen LogP contribution in [-0.4, -0.2) is 20.3 Å². The zero-order chi connectivity index (χ0) is 17.7. The van der Waals surface area contributed by atoms with Gasteiger partial charge in [-0.2, -0.15) is 0 Å². The number of para-hydroxylation sites is 1. The van der Waals surface area contributed by atoms with Crippen molar-refractivity contribution in [1.82, 2.24) is 0 Å². The van der Waals surface area contributed by atoms with Gasteiger partial charge in [0.2, 0.25) is 0 Å². The van der Waals surface area contributed by atoms with Crippen LogP contribution < -0.4 is 20.1 Å². The van der Waals surface area contributed by atoms with Crippen molar-refractivity contribution in [2.75, 3.05) is 24.9 Å². The molecule has 0 radical (unpaired) electrons. The van der Waals surface area contributed by atoms with Crippen LogP contribution in [0.25, 0.3) is 0 Å². The maximum atomic E-state index is 12.4. The summed E-state index contributed by atoms with van der Waals surface area (Å²) in [6.45, 7) is 6.18. The number of rotatable bonds is 5. The first-order chi connectivity index (χ1) is 11.5. The van der Waals surface area contributed by atoms with Gasteiger partial charge in [-0.25, -0.2) is 4.79 Å². The summed E-state index contributed by atoms with van der Waals surface area (Å²) < 4.78 is 10.5. The van der Waals surface area contributed by atoms with Crippen LogP contribution in [0.15, 0.2) is 36.4 Å². The lowest BCUT2D eigenvalue weighted by Crippen LogP contribution is -2.21. The van der Waals surface area contributed by atoms with E-state index in [0.29, 0.717) is 23.1 Å². The number of benzene rings is 2. The third-order valence-corrected chi connectivity index (χ3v) is 3.82. The summed E-state index contributed by atoms with van der Waals surface area (Å²) in [6, 6.07) is 10.9. The standard InChI is InChI=1S/C19H24N2O3/c1-12(2)15-8-6-7-13(3)18(15)21-19(22)20-16-10-9-14(23-4)11-17(16)24-5/h6-12H,1-5H3,(H2,20,21,22). The fourth-order valence-corrected chi connectivity index (χ4v) is 2.51. The molecule has 5 heteroatoms. The number of urea groups is 1. The number of carbonyl (C=O) groups excluding carboxylic acids is 1. The third-order valence-electron chi connectivity index (χ3n) is 3.82. The maximum absolute atomic E-state index is 12.4. The molecule has 2 rings (SSSR count). The van der Waals surface area contributed by atoms with Crippen LogP contribution in [0.3, 0.4) is 0 Å². The molecule has 0 bridgehead atoms. The monoisotopic (exact) mass is 328 g/mol. The highest BCUT2D eigenvalue weighted by atomic mass is 16.5. The fraction of sp³-hybridized carbons (Fsp3) is 0.316. The van der Waals surface area contributed by atoms with E-state index in [0.717, 1.165) is 16.8 Å². The van der Waals surface area contributed by atoms with Crippen molar-refractivity contribution in [3.8, 4) is 11.5 Å². The second-order valence-corrected chi connectivity index (χ2v) is 5.84. The Balaban J connectivity index is 2.21. The van der Waals surface area contributed by atoms with E-state index >= 15 is 0 Å². The second-order valence-electron chi connectivity index (χ2n) is 5.84. The minimum Gasteiger partial charge on any atom is -0.497 e. The third kappa shape index (κ3) is 3.98. The maximum Gasteiger partial charge on any atom is 0.323 e. The van der Waals surface area contributed by atoms with E-state index in [2.05, 4.69) is 24.5 Å². The van der Waals surface area contributed by atoms with E-state index in [4.69, 9.17) is 9.47 Å². The second kappa shape index (κ2) is 7.73. The summed E-state index contributed by atoms with van der Waals surface area (Å²) >= 11 is 0. The Bertz CT molecular complexity index is 727. The number of amides is 2. The molecule has 0 aromatic heterocycles. The van der Waals surface area contributed by atoms with Gasteiger partial charge >= 0.3 is 6.03 Å². The van der Waals surface area contributed by atoms with Crippen molar-refractivity contribution in [3.63, 3.8) is 0 Å². The fourth-order valence-electron chi connectivity index (χ4n) is 2.51. The number of ether oxygens (including phenoxy) is 2. The van der Waals surface area contributed by atoms with Gasteiger partial charge in [-0.05, 0) is 36.1 Å². The van der Waals surface area contributed by atoms with Crippen LogP contribution in [0, 0.1) is 6.92 Å². The summed E-state index contributed by atoms with van der Waals surface area (Å²) in [5, 5.41) is 5.78.